The number of nitrogens with zero attached hydrogens (tertiary/aromatic N) is 2. The number of hydrogen-bond acceptors (Lipinski definition) is 4. The van der Waals surface area contributed by atoms with E-state index in [2.05, 4.69) is 48.7 Å². The Hall–Kier alpha value is -2.50. The number of rotatable bonds is 12. The van der Waals surface area contributed by atoms with E-state index >= 15 is 0 Å². The maximum atomic E-state index is 12.3. The summed E-state index contributed by atoms with van der Waals surface area (Å²) in [7, 11) is 0. The number of benzene rings is 1. The fourth-order valence-electron chi connectivity index (χ4n) is 2.79. The van der Waals surface area contributed by atoms with Gasteiger partial charge in [0.15, 0.2) is 0 Å². The normalized spacial score (nSPS) is 10.1. The maximum Gasteiger partial charge on any atom is 0.271 e. The Kier molecular flexibility index (Phi) is 11.5. The summed E-state index contributed by atoms with van der Waals surface area (Å²) >= 11 is 0. The van der Waals surface area contributed by atoms with Crippen molar-refractivity contribution < 1.29 is 9.59 Å². The Morgan fingerprint density at radius 1 is 0.643 bits per heavy atom. The topological polar surface area (TPSA) is 82.9 Å². The van der Waals surface area contributed by atoms with Gasteiger partial charge in [-0.2, -0.15) is 10.2 Å². The molecule has 0 radical (unpaired) electrons. The van der Waals surface area contributed by atoms with Gasteiger partial charge in [-0.25, -0.2) is 10.9 Å². The van der Waals surface area contributed by atoms with Crippen molar-refractivity contribution in [2.75, 3.05) is 0 Å². The first kappa shape index (κ1) is 23.5. The second-order valence-electron chi connectivity index (χ2n) is 6.82. The zero-order valence-corrected chi connectivity index (χ0v) is 17.7. The summed E-state index contributed by atoms with van der Waals surface area (Å²) in [5.74, 6) is -0.550. The Morgan fingerprint density at radius 2 is 0.929 bits per heavy atom. The van der Waals surface area contributed by atoms with E-state index in [-0.39, 0.29) is 11.8 Å². The highest BCUT2D eigenvalue weighted by Crippen LogP contribution is 2.06. The first-order valence-electron chi connectivity index (χ1n) is 10.4. The lowest BCUT2D eigenvalue weighted by molar-refractivity contribution is 0.0943. The molecule has 0 spiro atoms. The highest BCUT2D eigenvalue weighted by molar-refractivity contribution is 5.98. The van der Waals surface area contributed by atoms with E-state index in [1.165, 1.54) is 0 Å². The molecule has 0 aromatic heterocycles. The van der Waals surface area contributed by atoms with Gasteiger partial charge >= 0.3 is 0 Å². The molecule has 154 valence electrons. The van der Waals surface area contributed by atoms with Crippen molar-refractivity contribution >= 4 is 23.2 Å². The third kappa shape index (κ3) is 8.46. The maximum absolute atomic E-state index is 12.3. The molecular weight excluding hydrogens is 352 g/mol. The molecule has 28 heavy (non-hydrogen) atoms. The fraction of sp³-hybridized carbons (Fsp3) is 0.545. The van der Waals surface area contributed by atoms with Gasteiger partial charge in [0.05, 0.1) is 0 Å². The lowest BCUT2D eigenvalue weighted by atomic mass is 10.1. The molecule has 6 nitrogen and oxygen atoms in total. The summed E-state index contributed by atoms with van der Waals surface area (Å²) in [4.78, 5) is 24.5. The first-order valence-corrected chi connectivity index (χ1v) is 10.4. The van der Waals surface area contributed by atoms with Crippen LogP contribution in [0.4, 0.5) is 0 Å². The molecule has 0 bridgehead atoms. The number of hydrogen-bond donors (Lipinski definition) is 2. The van der Waals surface area contributed by atoms with Crippen LogP contribution in [0.2, 0.25) is 0 Å². The zero-order valence-electron chi connectivity index (χ0n) is 17.7. The number of amides is 2. The van der Waals surface area contributed by atoms with Gasteiger partial charge in [-0.15, -0.1) is 0 Å². The molecule has 0 unspecified atom stereocenters. The molecular formula is C22H34N4O2. The van der Waals surface area contributed by atoms with Crippen LogP contribution in [0, 0.1) is 0 Å². The van der Waals surface area contributed by atoms with Crippen LogP contribution in [0.25, 0.3) is 0 Å². The van der Waals surface area contributed by atoms with Gasteiger partial charge in [-0.3, -0.25) is 9.59 Å². The summed E-state index contributed by atoms with van der Waals surface area (Å²) in [6.45, 7) is 8.37. The van der Waals surface area contributed by atoms with Crippen LogP contribution < -0.4 is 10.9 Å². The van der Waals surface area contributed by atoms with Crippen LogP contribution in [-0.2, 0) is 0 Å². The monoisotopic (exact) mass is 386 g/mol. The average molecular weight is 387 g/mol. The van der Waals surface area contributed by atoms with Crippen molar-refractivity contribution in [1.82, 2.24) is 10.9 Å². The number of nitrogens with one attached hydrogen (secondary N) is 2. The number of carbonyl (C=O) groups is 2. The van der Waals surface area contributed by atoms with Crippen molar-refractivity contribution in [3.8, 4) is 0 Å². The molecule has 0 heterocycles. The molecule has 2 N–H and O–H groups in total. The molecule has 0 saturated heterocycles. The Balaban J connectivity index is 2.71. The standard InChI is InChI=1S/C22H34N4O2/c1-5-9-19(10-6-2)23-25-21(27)17-13-15-18(16-14-17)22(28)26-24-20(11-7-3)12-8-4/h13-16H,5-12H2,1-4H3,(H,25,27)(H,26,28). The minimum absolute atomic E-state index is 0.275. The molecule has 0 aliphatic heterocycles. The SMILES string of the molecule is CCCC(CCC)=NNC(=O)c1ccc(C(=O)NN=C(CCC)CCC)cc1. The molecule has 6 heteroatoms. The number of hydrazone groups is 2. The Morgan fingerprint density at radius 3 is 1.18 bits per heavy atom. The molecule has 1 aromatic carbocycles. The lowest BCUT2D eigenvalue weighted by Gasteiger charge is -2.07. The van der Waals surface area contributed by atoms with Crippen LogP contribution in [0.15, 0.2) is 34.5 Å². The van der Waals surface area contributed by atoms with Gasteiger partial charge in [-0.05, 0) is 49.9 Å². The van der Waals surface area contributed by atoms with Gasteiger partial charge < -0.3 is 0 Å². The van der Waals surface area contributed by atoms with Gasteiger partial charge in [0.2, 0.25) is 0 Å². The summed E-state index contributed by atoms with van der Waals surface area (Å²) in [6.07, 6.45) is 7.52. The second-order valence-corrected chi connectivity index (χ2v) is 6.82. The summed E-state index contributed by atoms with van der Waals surface area (Å²) in [5.41, 5.74) is 8.16. The van der Waals surface area contributed by atoms with E-state index in [0.717, 1.165) is 62.8 Å². The van der Waals surface area contributed by atoms with E-state index in [1.54, 1.807) is 24.3 Å². The predicted octanol–water partition coefficient (Wildman–Crippen LogP) is 5.06. The van der Waals surface area contributed by atoms with Crippen LogP contribution >= 0.6 is 0 Å². The largest absolute Gasteiger partial charge is 0.271 e. The van der Waals surface area contributed by atoms with E-state index in [1.807, 2.05) is 0 Å². The Labute approximate surface area is 168 Å². The van der Waals surface area contributed by atoms with Crippen LogP contribution in [0.1, 0.15) is 99.8 Å². The summed E-state index contributed by atoms with van der Waals surface area (Å²) < 4.78 is 0. The third-order valence-electron chi connectivity index (χ3n) is 4.19. The molecule has 0 atom stereocenters. The van der Waals surface area contributed by atoms with E-state index in [9.17, 15) is 9.59 Å². The van der Waals surface area contributed by atoms with E-state index < -0.39 is 0 Å². The van der Waals surface area contributed by atoms with E-state index in [0.29, 0.717) is 11.1 Å². The lowest BCUT2D eigenvalue weighted by Crippen LogP contribution is -2.21. The quantitative estimate of drug-likeness (QED) is 0.389. The minimum Gasteiger partial charge on any atom is -0.267 e. The van der Waals surface area contributed by atoms with Gasteiger partial charge in [-0.1, -0.05) is 53.4 Å². The van der Waals surface area contributed by atoms with Gasteiger partial charge in [0.25, 0.3) is 11.8 Å². The van der Waals surface area contributed by atoms with Gasteiger partial charge in [0, 0.05) is 22.6 Å². The van der Waals surface area contributed by atoms with Crippen LogP contribution in [0.3, 0.4) is 0 Å². The highest BCUT2D eigenvalue weighted by atomic mass is 16.2. The average Bonchev–Trinajstić information content (AvgIpc) is 2.70. The summed E-state index contributed by atoms with van der Waals surface area (Å²) in [5, 5.41) is 8.48. The van der Waals surface area contributed by atoms with Gasteiger partial charge in [0.1, 0.15) is 0 Å². The predicted molar refractivity (Wildman–Crippen MR) is 116 cm³/mol. The van der Waals surface area contributed by atoms with Crippen LogP contribution in [0.5, 0.6) is 0 Å². The highest BCUT2D eigenvalue weighted by Gasteiger charge is 2.09. The van der Waals surface area contributed by atoms with Crippen molar-refractivity contribution in [2.45, 2.75) is 79.1 Å². The van der Waals surface area contributed by atoms with Crippen molar-refractivity contribution in [3.05, 3.63) is 35.4 Å². The third-order valence-corrected chi connectivity index (χ3v) is 4.19. The fourth-order valence-corrected chi connectivity index (χ4v) is 2.79. The molecule has 1 rings (SSSR count). The summed E-state index contributed by atoms with van der Waals surface area (Å²) in [6, 6.07) is 6.51. The molecule has 2 amide bonds. The molecule has 0 aliphatic carbocycles. The molecule has 0 saturated carbocycles. The first-order chi connectivity index (χ1) is 13.5. The van der Waals surface area contributed by atoms with Crippen molar-refractivity contribution in [3.63, 3.8) is 0 Å². The zero-order chi connectivity index (χ0) is 20.8. The smallest absolute Gasteiger partial charge is 0.267 e. The van der Waals surface area contributed by atoms with Crippen molar-refractivity contribution in [1.29, 1.82) is 0 Å². The number of carbonyl (C=O) groups excluding carboxylic acids is 2. The Bertz CT molecular complexity index is 603. The second kappa shape index (κ2) is 13.6. The van der Waals surface area contributed by atoms with Crippen molar-refractivity contribution in [2.24, 2.45) is 10.2 Å². The molecule has 0 aliphatic rings. The van der Waals surface area contributed by atoms with Crippen LogP contribution in [-0.4, -0.2) is 23.2 Å². The molecule has 0 fully saturated rings. The van der Waals surface area contributed by atoms with E-state index in [4.69, 9.17) is 0 Å². The minimum atomic E-state index is -0.275. The molecule has 1 aromatic rings.